The Morgan fingerprint density at radius 2 is 2.25 bits per heavy atom. The lowest BCUT2D eigenvalue weighted by Crippen LogP contribution is -2.18. The highest BCUT2D eigenvalue weighted by Crippen LogP contribution is 2.27. The van der Waals surface area contributed by atoms with Gasteiger partial charge in [-0.05, 0) is 13.0 Å². The molecule has 16 heavy (non-hydrogen) atoms. The first-order chi connectivity index (χ1) is 7.56. The van der Waals surface area contributed by atoms with Crippen molar-refractivity contribution >= 4 is 5.69 Å². The molecule has 0 spiro atoms. The monoisotopic (exact) mass is 219 g/mol. The SMILES string of the molecule is CC(N)c1ccc(N(C)CCC#N)cc1O. The van der Waals surface area contributed by atoms with Gasteiger partial charge in [0.05, 0.1) is 12.5 Å². The molecule has 0 aliphatic heterocycles. The van der Waals surface area contributed by atoms with Crippen LogP contribution >= 0.6 is 0 Å². The minimum Gasteiger partial charge on any atom is -0.508 e. The van der Waals surface area contributed by atoms with E-state index in [0.29, 0.717) is 13.0 Å². The molecule has 0 amide bonds. The lowest BCUT2D eigenvalue weighted by molar-refractivity contribution is 0.464. The van der Waals surface area contributed by atoms with Crippen molar-refractivity contribution in [2.75, 3.05) is 18.5 Å². The molecule has 0 radical (unpaired) electrons. The van der Waals surface area contributed by atoms with Crippen molar-refractivity contribution in [3.63, 3.8) is 0 Å². The summed E-state index contributed by atoms with van der Waals surface area (Å²) in [5, 5.41) is 18.3. The summed E-state index contributed by atoms with van der Waals surface area (Å²) < 4.78 is 0. The van der Waals surface area contributed by atoms with Crippen LogP contribution in [0.15, 0.2) is 18.2 Å². The molecule has 1 unspecified atom stereocenters. The van der Waals surface area contributed by atoms with Crippen LogP contribution in [0, 0.1) is 11.3 Å². The highest BCUT2D eigenvalue weighted by atomic mass is 16.3. The number of anilines is 1. The second kappa shape index (κ2) is 5.38. The normalized spacial score (nSPS) is 11.9. The smallest absolute Gasteiger partial charge is 0.122 e. The fourth-order valence-electron chi connectivity index (χ4n) is 1.50. The van der Waals surface area contributed by atoms with Crippen molar-refractivity contribution < 1.29 is 5.11 Å². The van der Waals surface area contributed by atoms with Gasteiger partial charge in [0.25, 0.3) is 0 Å². The number of nitriles is 1. The summed E-state index contributed by atoms with van der Waals surface area (Å²) in [5.74, 6) is 0.205. The summed E-state index contributed by atoms with van der Waals surface area (Å²) >= 11 is 0. The predicted molar refractivity (Wildman–Crippen MR) is 64.2 cm³/mol. The van der Waals surface area contributed by atoms with Gasteiger partial charge in [-0.25, -0.2) is 0 Å². The first-order valence-corrected chi connectivity index (χ1v) is 5.23. The van der Waals surface area contributed by atoms with E-state index in [-0.39, 0.29) is 11.8 Å². The second-order valence-corrected chi connectivity index (χ2v) is 3.86. The maximum absolute atomic E-state index is 9.76. The maximum Gasteiger partial charge on any atom is 0.122 e. The lowest BCUT2D eigenvalue weighted by Gasteiger charge is -2.19. The van der Waals surface area contributed by atoms with Crippen molar-refractivity contribution in [2.24, 2.45) is 5.73 Å². The zero-order chi connectivity index (χ0) is 12.1. The summed E-state index contributed by atoms with van der Waals surface area (Å²) in [4.78, 5) is 1.92. The molecule has 0 aromatic heterocycles. The third-order valence-corrected chi connectivity index (χ3v) is 2.50. The van der Waals surface area contributed by atoms with Gasteiger partial charge in [0.2, 0.25) is 0 Å². The Hall–Kier alpha value is -1.73. The van der Waals surface area contributed by atoms with Crippen LogP contribution in [-0.4, -0.2) is 18.7 Å². The van der Waals surface area contributed by atoms with Crippen molar-refractivity contribution in [1.29, 1.82) is 5.26 Å². The number of rotatable bonds is 4. The number of nitrogens with two attached hydrogens (primary N) is 1. The van der Waals surface area contributed by atoms with E-state index in [1.54, 1.807) is 6.07 Å². The molecule has 0 aliphatic carbocycles. The second-order valence-electron chi connectivity index (χ2n) is 3.86. The molecular weight excluding hydrogens is 202 g/mol. The van der Waals surface area contributed by atoms with Crippen LogP contribution in [0.25, 0.3) is 0 Å². The maximum atomic E-state index is 9.76. The minimum absolute atomic E-state index is 0.182. The van der Waals surface area contributed by atoms with Crippen LogP contribution in [0.3, 0.4) is 0 Å². The number of nitrogens with zero attached hydrogens (tertiary/aromatic N) is 2. The number of phenols is 1. The van der Waals surface area contributed by atoms with Gasteiger partial charge in [0.15, 0.2) is 0 Å². The van der Waals surface area contributed by atoms with Crippen LogP contribution < -0.4 is 10.6 Å². The highest BCUT2D eigenvalue weighted by Gasteiger charge is 2.08. The molecular formula is C12H17N3O. The van der Waals surface area contributed by atoms with E-state index in [1.165, 1.54) is 0 Å². The lowest BCUT2D eigenvalue weighted by atomic mass is 10.1. The first kappa shape index (κ1) is 12.3. The Balaban J connectivity index is 2.85. The Morgan fingerprint density at radius 3 is 2.75 bits per heavy atom. The predicted octanol–water partition coefficient (Wildman–Crippen LogP) is 1.76. The Labute approximate surface area is 95.9 Å². The van der Waals surface area contributed by atoms with Gasteiger partial charge in [-0.3, -0.25) is 0 Å². The fourth-order valence-corrected chi connectivity index (χ4v) is 1.50. The van der Waals surface area contributed by atoms with Crippen LogP contribution in [0.2, 0.25) is 0 Å². The van der Waals surface area contributed by atoms with Crippen LogP contribution in [0.4, 0.5) is 5.69 Å². The standard InChI is InChI=1S/C12H17N3O/c1-9(14)11-5-4-10(8-12(11)16)15(2)7-3-6-13/h4-5,8-9,16H,3,7,14H2,1-2H3. The topological polar surface area (TPSA) is 73.3 Å². The zero-order valence-corrected chi connectivity index (χ0v) is 9.64. The molecule has 4 heteroatoms. The number of phenolic OH excluding ortho intramolecular Hbond substituents is 1. The van der Waals surface area contributed by atoms with E-state index in [2.05, 4.69) is 6.07 Å². The van der Waals surface area contributed by atoms with Gasteiger partial charge in [-0.1, -0.05) is 6.07 Å². The van der Waals surface area contributed by atoms with Crippen LogP contribution in [0.1, 0.15) is 24.9 Å². The molecule has 0 fully saturated rings. The molecule has 1 aromatic rings. The average molecular weight is 219 g/mol. The molecule has 0 aliphatic rings. The fraction of sp³-hybridized carbons (Fsp3) is 0.417. The molecule has 0 heterocycles. The Morgan fingerprint density at radius 1 is 1.56 bits per heavy atom. The quantitative estimate of drug-likeness (QED) is 0.809. The van der Waals surface area contributed by atoms with Gasteiger partial charge in [0, 0.05) is 37.0 Å². The Bertz CT molecular complexity index is 396. The average Bonchev–Trinajstić information content (AvgIpc) is 2.25. The van der Waals surface area contributed by atoms with Gasteiger partial charge < -0.3 is 15.7 Å². The van der Waals surface area contributed by atoms with E-state index in [4.69, 9.17) is 11.0 Å². The molecule has 86 valence electrons. The van der Waals surface area contributed by atoms with E-state index in [1.807, 2.05) is 31.0 Å². The summed E-state index contributed by atoms with van der Waals surface area (Å²) in [5.41, 5.74) is 7.32. The van der Waals surface area contributed by atoms with Gasteiger partial charge in [-0.2, -0.15) is 5.26 Å². The third-order valence-electron chi connectivity index (χ3n) is 2.50. The molecule has 1 atom stereocenters. The van der Waals surface area contributed by atoms with Gasteiger partial charge in [-0.15, -0.1) is 0 Å². The van der Waals surface area contributed by atoms with Crippen LogP contribution in [0.5, 0.6) is 5.75 Å². The summed E-state index contributed by atoms with van der Waals surface area (Å²) in [6, 6.07) is 7.30. The van der Waals surface area contributed by atoms with Gasteiger partial charge in [0.1, 0.15) is 5.75 Å². The molecule has 0 bridgehead atoms. The molecule has 1 aromatic carbocycles. The minimum atomic E-state index is -0.182. The van der Waals surface area contributed by atoms with E-state index < -0.39 is 0 Å². The number of hydrogen-bond acceptors (Lipinski definition) is 4. The molecule has 4 nitrogen and oxygen atoms in total. The van der Waals surface area contributed by atoms with E-state index in [9.17, 15) is 5.11 Å². The highest BCUT2D eigenvalue weighted by molar-refractivity contribution is 5.53. The van der Waals surface area contributed by atoms with Crippen molar-refractivity contribution in [2.45, 2.75) is 19.4 Å². The zero-order valence-electron chi connectivity index (χ0n) is 9.64. The number of aromatic hydroxyl groups is 1. The van der Waals surface area contributed by atoms with Gasteiger partial charge >= 0.3 is 0 Å². The summed E-state index contributed by atoms with van der Waals surface area (Å²) in [6.07, 6.45) is 0.465. The van der Waals surface area contributed by atoms with E-state index in [0.717, 1.165) is 11.3 Å². The summed E-state index contributed by atoms with van der Waals surface area (Å²) in [6.45, 7) is 2.47. The van der Waals surface area contributed by atoms with Crippen molar-refractivity contribution in [3.8, 4) is 11.8 Å². The first-order valence-electron chi connectivity index (χ1n) is 5.23. The molecule has 0 saturated heterocycles. The molecule has 1 rings (SSSR count). The number of benzene rings is 1. The largest absolute Gasteiger partial charge is 0.508 e. The Kier molecular flexibility index (Phi) is 4.15. The molecule has 3 N–H and O–H groups in total. The van der Waals surface area contributed by atoms with E-state index >= 15 is 0 Å². The van der Waals surface area contributed by atoms with Crippen LogP contribution in [-0.2, 0) is 0 Å². The van der Waals surface area contributed by atoms with Crippen molar-refractivity contribution in [1.82, 2.24) is 0 Å². The summed E-state index contributed by atoms with van der Waals surface area (Å²) in [7, 11) is 1.89. The van der Waals surface area contributed by atoms with Crippen molar-refractivity contribution in [3.05, 3.63) is 23.8 Å². The molecule has 0 saturated carbocycles. The third kappa shape index (κ3) is 2.88. The number of hydrogen-bond donors (Lipinski definition) is 2.